The highest BCUT2D eigenvalue weighted by Crippen LogP contribution is 2.15. The molecule has 0 atom stereocenters. The monoisotopic (exact) mass is 574 g/mol. The van der Waals surface area contributed by atoms with E-state index in [1.54, 1.807) is 5.82 Å². The topological polar surface area (TPSA) is 8.81 Å². The fourth-order valence-electron chi connectivity index (χ4n) is 6.50. The van der Waals surface area contributed by atoms with Gasteiger partial charge in [-0.1, -0.05) is 181 Å². The summed E-state index contributed by atoms with van der Waals surface area (Å²) in [6.07, 6.45) is 48.9. The first-order valence-corrected chi connectivity index (χ1v) is 19.4. The third kappa shape index (κ3) is 23.4. The molecule has 2 heteroatoms. The lowest BCUT2D eigenvalue weighted by Crippen LogP contribution is -2.37. The summed E-state index contributed by atoms with van der Waals surface area (Å²) in [6.45, 7) is 9.40. The van der Waals surface area contributed by atoms with Gasteiger partial charge in [0.25, 0.3) is 5.82 Å². The molecule has 0 aliphatic carbocycles. The first kappa shape index (κ1) is 38.2. The predicted molar refractivity (Wildman–Crippen MR) is 184 cm³/mol. The quantitative estimate of drug-likeness (QED) is 0.0584. The minimum atomic E-state index is 1.23. The van der Waals surface area contributed by atoms with E-state index in [4.69, 9.17) is 0 Å². The van der Waals surface area contributed by atoms with Crippen LogP contribution in [-0.4, -0.2) is 4.57 Å². The van der Waals surface area contributed by atoms with Crippen molar-refractivity contribution in [2.45, 2.75) is 233 Å². The lowest BCUT2D eigenvalue weighted by molar-refractivity contribution is -0.704. The van der Waals surface area contributed by atoms with E-state index in [1.807, 2.05) is 0 Å². The molecule has 0 aliphatic heterocycles. The van der Waals surface area contributed by atoms with Crippen molar-refractivity contribution in [3.63, 3.8) is 0 Å². The van der Waals surface area contributed by atoms with Crippen molar-refractivity contribution in [1.29, 1.82) is 0 Å². The van der Waals surface area contributed by atoms with Crippen LogP contribution >= 0.6 is 0 Å². The van der Waals surface area contributed by atoms with Gasteiger partial charge in [-0.3, -0.25) is 0 Å². The number of unbranched alkanes of at least 4 members (excludes halogenated alkanes) is 27. The van der Waals surface area contributed by atoms with E-state index in [2.05, 4.69) is 42.3 Å². The van der Waals surface area contributed by atoms with Crippen LogP contribution in [0.5, 0.6) is 0 Å². The second-order valence-corrected chi connectivity index (χ2v) is 13.4. The van der Waals surface area contributed by atoms with E-state index in [-0.39, 0.29) is 0 Å². The Hall–Kier alpha value is -0.790. The van der Waals surface area contributed by atoms with Gasteiger partial charge in [0, 0.05) is 6.42 Å². The van der Waals surface area contributed by atoms with Gasteiger partial charge in [0.15, 0.2) is 0 Å². The van der Waals surface area contributed by atoms with Gasteiger partial charge >= 0.3 is 0 Å². The molecule has 0 fully saturated rings. The van der Waals surface area contributed by atoms with Crippen molar-refractivity contribution in [2.75, 3.05) is 0 Å². The maximum atomic E-state index is 2.63. The van der Waals surface area contributed by atoms with Gasteiger partial charge in [-0.2, -0.15) is 0 Å². The second kappa shape index (κ2) is 30.7. The van der Waals surface area contributed by atoms with E-state index in [1.165, 1.54) is 212 Å². The number of imidazole rings is 1. The van der Waals surface area contributed by atoms with Crippen molar-refractivity contribution in [3.8, 4) is 0 Å². The highest BCUT2D eigenvalue weighted by molar-refractivity contribution is 4.84. The van der Waals surface area contributed by atoms with Gasteiger partial charge in [0.2, 0.25) is 0 Å². The molecule has 0 aliphatic rings. The van der Waals surface area contributed by atoms with E-state index < -0.39 is 0 Å². The van der Waals surface area contributed by atoms with Crippen LogP contribution in [0, 0.1) is 0 Å². The fraction of sp³-hybridized carbons (Fsp3) is 0.923. The second-order valence-electron chi connectivity index (χ2n) is 13.4. The van der Waals surface area contributed by atoms with Crippen LogP contribution in [0.25, 0.3) is 0 Å². The molecule has 0 saturated carbocycles. The van der Waals surface area contributed by atoms with Crippen molar-refractivity contribution in [1.82, 2.24) is 4.57 Å². The predicted octanol–water partition coefficient (Wildman–Crippen LogP) is 13.1. The minimum Gasteiger partial charge on any atom is -0.234 e. The summed E-state index contributed by atoms with van der Waals surface area (Å²) < 4.78 is 5.25. The van der Waals surface area contributed by atoms with E-state index >= 15 is 0 Å². The van der Waals surface area contributed by atoms with E-state index in [9.17, 15) is 0 Å². The summed E-state index contributed by atoms with van der Waals surface area (Å²) >= 11 is 0. The summed E-state index contributed by atoms with van der Waals surface area (Å²) in [5, 5.41) is 0. The Balaban J connectivity index is 2.19. The molecule has 0 N–H and O–H groups in total. The molecule has 0 radical (unpaired) electrons. The smallest absolute Gasteiger partial charge is 0.234 e. The summed E-state index contributed by atoms with van der Waals surface area (Å²) in [7, 11) is 0. The maximum absolute atomic E-state index is 2.63. The molecule has 1 rings (SSSR count). The molecule has 0 unspecified atom stereocenters. The molecule has 1 aromatic rings. The summed E-state index contributed by atoms with van der Waals surface area (Å²) in [4.78, 5) is 0. The average molecular weight is 574 g/mol. The zero-order chi connectivity index (χ0) is 29.5. The molecule has 0 spiro atoms. The maximum Gasteiger partial charge on any atom is 0.256 e. The molecule has 1 aromatic heterocycles. The lowest BCUT2D eigenvalue weighted by Gasteiger charge is -2.07. The summed E-state index contributed by atoms with van der Waals surface area (Å²) in [5.74, 6) is 1.62. The normalized spacial score (nSPS) is 11.6. The van der Waals surface area contributed by atoms with Crippen LogP contribution in [0.2, 0.25) is 0 Å². The Bertz CT molecular complexity index is 634. The molecule has 0 saturated heterocycles. The highest BCUT2D eigenvalue weighted by atomic mass is 15.1. The molecule has 0 aromatic carbocycles. The Labute approximate surface area is 259 Å². The van der Waals surface area contributed by atoms with Gasteiger partial charge in [0.1, 0.15) is 12.4 Å². The number of aromatic nitrogens is 2. The molecular formula is C39H77N2+. The van der Waals surface area contributed by atoms with Crippen molar-refractivity contribution < 1.29 is 4.57 Å². The third-order valence-electron chi connectivity index (χ3n) is 9.35. The van der Waals surface area contributed by atoms with Crippen LogP contribution in [0.1, 0.15) is 219 Å². The van der Waals surface area contributed by atoms with Crippen LogP contribution < -0.4 is 4.57 Å². The summed E-state index contributed by atoms with van der Waals surface area (Å²) in [6, 6.07) is 0. The number of nitrogens with zero attached hydrogens (tertiary/aromatic N) is 2. The Morgan fingerprint density at radius 1 is 0.415 bits per heavy atom. The Morgan fingerprint density at radius 2 is 0.756 bits per heavy atom. The van der Waals surface area contributed by atoms with Crippen LogP contribution in [0.3, 0.4) is 0 Å². The van der Waals surface area contributed by atoms with Gasteiger partial charge < -0.3 is 0 Å². The summed E-state index contributed by atoms with van der Waals surface area (Å²) in [5.41, 5.74) is 0. The zero-order valence-corrected chi connectivity index (χ0v) is 28.9. The Kier molecular flexibility index (Phi) is 28.6. The van der Waals surface area contributed by atoms with Crippen molar-refractivity contribution in [2.24, 2.45) is 0 Å². The standard InChI is InChI=1S/C39H77N2/c1-4-7-10-13-16-18-19-20-21-22-23-24-25-27-30-33-36-41-38-37-40(35-32-29-26-17-14-11-8-5-2)39(41)34-31-28-15-12-9-6-3/h37-38H,4-36H2,1-3H3/q+1. The number of hydrogen-bond acceptors (Lipinski definition) is 0. The fourth-order valence-corrected chi connectivity index (χ4v) is 6.50. The first-order valence-electron chi connectivity index (χ1n) is 19.4. The van der Waals surface area contributed by atoms with Crippen LogP contribution in [0.15, 0.2) is 12.4 Å². The van der Waals surface area contributed by atoms with Crippen LogP contribution in [-0.2, 0) is 19.5 Å². The molecule has 0 amide bonds. The van der Waals surface area contributed by atoms with E-state index in [0.29, 0.717) is 0 Å². The highest BCUT2D eigenvalue weighted by Gasteiger charge is 2.16. The Morgan fingerprint density at radius 3 is 1.17 bits per heavy atom. The molecule has 0 bridgehead atoms. The lowest BCUT2D eigenvalue weighted by atomic mass is 10.0. The molecule has 2 nitrogen and oxygen atoms in total. The SMILES string of the molecule is CCCCCCCCCCCCCCCCCC[n+]1ccn(CCCCCCCCCC)c1CCCCCCCC. The van der Waals surface area contributed by atoms with Gasteiger partial charge in [0.05, 0.1) is 13.1 Å². The first-order chi connectivity index (χ1) is 20.3. The molecule has 1 heterocycles. The van der Waals surface area contributed by atoms with Gasteiger partial charge in [-0.15, -0.1) is 0 Å². The van der Waals surface area contributed by atoms with Gasteiger partial charge in [-0.25, -0.2) is 9.13 Å². The molecular weight excluding hydrogens is 496 g/mol. The largest absolute Gasteiger partial charge is 0.256 e. The average Bonchev–Trinajstić information content (AvgIpc) is 3.37. The number of hydrogen-bond donors (Lipinski definition) is 0. The van der Waals surface area contributed by atoms with Crippen LogP contribution in [0.4, 0.5) is 0 Å². The number of aryl methyl sites for hydroxylation is 2. The van der Waals surface area contributed by atoms with Gasteiger partial charge in [-0.05, 0) is 32.1 Å². The van der Waals surface area contributed by atoms with Crippen molar-refractivity contribution >= 4 is 0 Å². The molecule has 41 heavy (non-hydrogen) atoms. The third-order valence-corrected chi connectivity index (χ3v) is 9.35. The zero-order valence-electron chi connectivity index (χ0n) is 28.9. The number of rotatable bonds is 33. The van der Waals surface area contributed by atoms with Crippen molar-refractivity contribution in [3.05, 3.63) is 18.2 Å². The molecule has 242 valence electrons. The minimum absolute atomic E-state index is 1.23. The van der Waals surface area contributed by atoms with E-state index in [0.717, 1.165) is 0 Å².